The van der Waals surface area contributed by atoms with Crippen LogP contribution in [0, 0.1) is 6.92 Å². The van der Waals surface area contributed by atoms with Crippen molar-refractivity contribution in [3.05, 3.63) is 41.7 Å². The minimum atomic E-state index is -3.61. The summed E-state index contributed by atoms with van der Waals surface area (Å²) in [4.78, 5) is 0.223. The van der Waals surface area contributed by atoms with Crippen LogP contribution in [0.3, 0.4) is 0 Å². The molecule has 0 saturated heterocycles. The molecule has 2 aromatic rings. The van der Waals surface area contributed by atoms with Crippen LogP contribution in [0.15, 0.2) is 35.4 Å². The van der Waals surface area contributed by atoms with Crippen LogP contribution in [0.25, 0.3) is 0 Å². The number of benzene rings is 1. The summed E-state index contributed by atoms with van der Waals surface area (Å²) in [5, 5.41) is 4.18. The third kappa shape index (κ3) is 3.50. The molecule has 0 fully saturated rings. The number of nitrogens with one attached hydrogen (secondary N) is 1. The minimum Gasteiger partial charge on any atom is -0.280 e. The summed E-state index contributed by atoms with van der Waals surface area (Å²) in [6.45, 7) is 8.55. The fourth-order valence-corrected chi connectivity index (χ4v) is 3.50. The van der Waals surface area contributed by atoms with Gasteiger partial charge in [-0.15, -0.1) is 0 Å². The number of aromatic nitrogens is 2. The normalized spacial score (nSPS) is 13.1. The highest BCUT2D eigenvalue weighted by Gasteiger charge is 2.20. The lowest BCUT2D eigenvalue weighted by molar-refractivity contribution is 0.600. The lowest BCUT2D eigenvalue weighted by atomic mass is 9.99. The predicted molar refractivity (Wildman–Crippen MR) is 88.6 cm³/mol. The SMILES string of the molecule is CCC(C)c1ccc(NS(=O)(=O)c2cn(CC)nc2C)cc1. The maximum Gasteiger partial charge on any atom is 0.265 e. The first-order valence-electron chi connectivity index (χ1n) is 7.54. The fraction of sp³-hybridized carbons (Fsp3) is 0.438. The summed E-state index contributed by atoms with van der Waals surface area (Å²) in [6, 6.07) is 7.54. The molecule has 2 rings (SSSR count). The van der Waals surface area contributed by atoms with Crippen LogP contribution < -0.4 is 4.72 Å². The van der Waals surface area contributed by atoms with Crippen molar-refractivity contribution in [2.75, 3.05) is 4.72 Å². The van der Waals surface area contributed by atoms with Crippen molar-refractivity contribution >= 4 is 15.7 Å². The molecule has 1 aromatic heterocycles. The molecular weight excluding hydrogens is 298 g/mol. The number of rotatable bonds is 6. The summed E-state index contributed by atoms with van der Waals surface area (Å²) in [5.74, 6) is 0.468. The molecule has 1 aromatic carbocycles. The van der Waals surface area contributed by atoms with Gasteiger partial charge in [-0.2, -0.15) is 5.10 Å². The predicted octanol–water partition coefficient (Wildman–Crippen LogP) is 3.53. The Morgan fingerprint density at radius 2 is 1.86 bits per heavy atom. The zero-order chi connectivity index (χ0) is 16.3. The second kappa shape index (κ2) is 6.52. The fourth-order valence-electron chi connectivity index (χ4n) is 2.25. The van der Waals surface area contributed by atoms with Gasteiger partial charge in [-0.1, -0.05) is 26.0 Å². The van der Waals surface area contributed by atoms with Crippen molar-refractivity contribution in [2.24, 2.45) is 0 Å². The first-order valence-corrected chi connectivity index (χ1v) is 9.02. The minimum absolute atomic E-state index is 0.223. The van der Waals surface area contributed by atoms with E-state index in [1.54, 1.807) is 29.9 Å². The summed E-state index contributed by atoms with van der Waals surface area (Å²) in [7, 11) is -3.61. The Morgan fingerprint density at radius 1 is 1.23 bits per heavy atom. The van der Waals surface area contributed by atoms with Crippen molar-refractivity contribution in [3.8, 4) is 0 Å². The molecule has 0 aliphatic rings. The van der Waals surface area contributed by atoms with Gasteiger partial charge in [-0.05, 0) is 43.9 Å². The van der Waals surface area contributed by atoms with Crippen LogP contribution in [0.2, 0.25) is 0 Å². The van der Waals surface area contributed by atoms with Gasteiger partial charge in [0.15, 0.2) is 0 Å². The maximum absolute atomic E-state index is 12.5. The van der Waals surface area contributed by atoms with E-state index in [0.29, 0.717) is 23.8 Å². The van der Waals surface area contributed by atoms with Gasteiger partial charge in [-0.25, -0.2) is 8.42 Å². The lowest BCUT2D eigenvalue weighted by Crippen LogP contribution is -2.13. The first kappa shape index (κ1) is 16.5. The van der Waals surface area contributed by atoms with Gasteiger partial charge < -0.3 is 0 Å². The standard InChI is InChI=1S/C16H23N3O2S/c1-5-12(3)14-7-9-15(10-8-14)18-22(20,21)16-11-19(6-2)17-13(16)4/h7-12,18H,5-6H2,1-4H3. The molecule has 0 spiro atoms. The lowest BCUT2D eigenvalue weighted by Gasteiger charge is -2.11. The molecule has 6 heteroatoms. The van der Waals surface area contributed by atoms with Gasteiger partial charge in [0.2, 0.25) is 0 Å². The van der Waals surface area contributed by atoms with Crippen molar-refractivity contribution in [1.29, 1.82) is 0 Å². The summed E-state index contributed by atoms with van der Waals surface area (Å²) >= 11 is 0. The molecule has 120 valence electrons. The van der Waals surface area contributed by atoms with Crippen LogP contribution in [-0.2, 0) is 16.6 Å². The molecular formula is C16H23N3O2S. The zero-order valence-corrected chi connectivity index (χ0v) is 14.3. The molecule has 1 N–H and O–H groups in total. The molecule has 5 nitrogen and oxygen atoms in total. The van der Waals surface area contributed by atoms with E-state index in [-0.39, 0.29) is 4.90 Å². The van der Waals surface area contributed by atoms with E-state index in [1.807, 2.05) is 19.1 Å². The number of hydrogen-bond donors (Lipinski definition) is 1. The third-order valence-electron chi connectivity index (χ3n) is 3.86. The van der Waals surface area contributed by atoms with E-state index in [4.69, 9.17) is 0 Å². The molecule has 0 aliphatic heterocycles. The van der Waals surface area contributed by atoms with E-state index < -0.39 is 10.0 Å². The Labute approximate surface area is 132 Å². The second-order valence-corrected chi connectivity index (χ2v) is 7.12. The highest BCUT2D eigenvalue weighted by molar-refractivity contribution is 7.92. The Bertz CT molecular complexity index is 733. The molecule has 22 heavy (non-hydrogen) atoms. The van der Waals surface area contributed by atoms with Gasteiger partial charge in [-0.3, -0.25) is 9.40 Å². The molecule has 0 saturated carbocycles. The molecule has 1 unspecified atom stereocenters. The molecule has 0 bridgehead atoms. The summed E-state index contributed by atoms with van der Waals surface area (Å²) in [6.07, 6.45) is 2.62. The summed E-state index contributed by atoms with van der Waals surface area (Å²) < 4.78 is 29.2. The van der Waals surface area contributed by atoms with E-state index >= 15 is 0 Å². The van der Waals surface area contributed by atoms with Crippen LogP contribution in [0.4, 0.5) is 5.69 Å². The maximum atomic E-state index is 12.5. The van der Waals surface area contributed by atoms with Gasteiger partial charge in [0.1, 0.15) is 4.90 Å². The Balaban J connectivity index is 2.23. The smallest absolute Gasteiger partial charge is 0.265 e. The Morgan fingerprint density at radius 3 is 2.36 bits per heavy atom. The van der Waals surface area contributed by atoms with Gasteiger partial charge in [0.05, 0.1) is 5.69 Å². The topological polar surface area (TPSA) is 64.0 Å². The van der Waals surface area contributed by atoms with Gasteiger partial charge in [0, 0.05) is 18.4 Å². The van der Waals surface area contributed by atoms with Gasteiger partial charge >= 0.3 is 0 Å². The average Bonchev–Trinajstić information content (AvgIpc) is 2.89. The van der Waals surface area contributed by atoms with Crippen LogP contribution in [0.5, 0.6) is 0 Å². The van der Waals surface area contributed by atoms with Crippen molar-refractivity contribution in [2.45, 2.75) is 51.5 Å². The quantitative estimate of drug-likeness (QED) is 0.885. The van der Waals surface area contributed by atoms with Crippen LogP contribution >= 0.6 is 0 Å². The number of aryl methyl sites for hydroxylation is 2. The first-order chi connectivity index (χ1) is 10.4. The van der Waals surface area contributed by atoms with Crippen LogP contribution in [0.1, 0.15) is 44.4 Å². The monoisotopic (exact) mass is 321 g/mol. The number of sulfonamides is 1. The van der Waals surface area contributed by atoms with Crippen molar-refractivity contribution in [1.82, 2.24) is 9.78 Å². The highest BCUT2D eigenvalue weighted by Crippen LogP contribution is 2.23. The van der Waals surface area contributed by atoms with Crippen LogP contribution in [-0.4, -0.2) is 18.2 Å². The van der Waals surface area contributed by atoms with E-state index in [1.165, 1.54) is 5.56 Å². The Hall–Kier alpha value is -1.82. The zero-order valence-electron chi connectivity index (χ0n) is 13.5. The van der Waals surface area contributed by atoms with Crippen molar-refractivity contribution in [3.63, 3.8) is 0 Å². The van der Waals surface area contributed by atoms with Crippen molar-refractivity contribution < 1.29 is 8.42 Å². The van der Waals surface area contributed by atoms with E-state index in [0.717, 1.165) is 6.42 Å². The largest absolute Gasteiger partial charge is 0.280 e. The Kier molecular flexibility index (Phi) is 4.90. The molecule has 0 amide bonds. The molecule has 1 atom stereocenters. The third-order valence-corrected chi connectivity index (χ3v) is 5.34. The second-order valence-electron chi connectivity index (χ2n) is 5.47. The number of hydrogen-bond acceptors (Lipinski definition) is 3. The van der Waals surface area contributed by atoms with E-state index in [2.05, 4.69) is 23.7 Å². The summed E-state index contributed by atoms with van der Waals surface area (Å²) in [5.41, 5.74) is 2.28. The van der Waals surface area contributed by atoms with E-state index in [9.17, 15) is 8.42 Å². The average molecular weight is 321 g/mol. The number of anilines is 1. The molecule has 0 aliphatic carbocycles. The number of nitrogens with zero attached hydrogens (tertiary/aromatic N) is 2. The highest BCUT2D eigenvalue weighted by atomic mass is 32.2. The molecule has 1 heterocycles. The van der Waals surface area contributed by atoms with Gasteiger partial charge in [0.25, 0.3) is 10.0 Å². The molecule has 0 radical (unpaired) electrons.